The molecule has 0 saturated carbocycles. The van der Waals surface area contributed by atoms with E-state index in [-0.39, 0.29) is 17.5 Å². The van der Waals surface area contributed by atoms with Gasteiger partial charge in [-0.3, -0.25) is 9.13 Å². The molecule has 30 heavy (non-hydrogen) atoms. The largest absolute Gasteiger partial charge is 0.328 e. The van der Waals surface area contributed by atoms with Gasteiger partial charge in [-0.05, 0) is 56.4 Å². The number of halogens is 1. The van der Waals surface area contributed by atoms with Gasteiger partial charge in [-0.15, -0.1) is 0 Å². The summed E-state index contributed by atoms with van der Waals surface area (Å²) in [5.41, 5.74) is 4.66. The molecule has 7 heteroatoms. The molecule has 154 valence electrons. The molecule has 0 radical (unpaired) electrons. The molecule has 1 aliphatic heterocycles. The maximum absolute atomic E-state index is 13.5. The summed E-state index contributed by atoms with van der Waals surface area (Å²) in [6.45, 7) is 1.96. The predicted molar refractivity (Wildman–Crippen MR) is 116 cm³/mol. The molecule has 3 heterocycles. The van der Waals surface area contributed by atoms with E-state index in [1.807, 2.05) is 18.3 Å². The average molecular weight is 405 g/mol. The number of rotatable bonds is 3. The van der Waals surface area contributed by atoms with Gasteiger partial charge in [-0.1, -0.05) is 6.07 Å². The van der Waals surface area contributed by atoms with Crippen LogP contribution in [0.15, 0.2) is 53.5 Å². The van der Waals surface area contributed by atoms with Crippen molar-refractivity contribution in [2.45, 2.75) is 12.5 Å². The highest BCUT2D eigenvalue weighted by Gasteiger charge is 2.27. The van der Waals surface area contributed by atoms with Crippen LogP contribution in [-0.2, 0) is 14.1 Å². The number of hydrogen-bond donors (Lipinski definition) is 0. The van der Waals surface area contributed by atoms with Crippen molar-refractivity contribution in [1.29, 1.82) is 0 Å². The van der Waals surface area contributed by atoms with Crippen molar-refractivity contribution in [3.63, 3.8) is 0 Å². The minimum atomic E-state index is -0.256. The van der Waals surface area contributed by atoms with Crippen LogP contribution in [0.1, 0.15) is 12.5 Å². The summed E-state index contributed by atoms with van der Waals surface area (Å²) in [5, 5.41) is 0. The van der Waals surface area contributed by atoms with Crippen LogP contribution < -0.4 is 5.69 Å². The molecule has 0 N–H and O–H groups in total. The molecule has 2 aromatic carbocycles. The molecular weight excluding hydrogens is 381 g/mol. The van der Waals surface area contributed by atoms with E-state index in [2.05, 4.69) is 22.6 Å². The van der Waals surface area contributed by atoms with Crippen molar-refractivity contribution in [3.8, 4) is 22.6 Å². The molecule has 0 spiro atoms. The first-order valence-corrected chi connectivity index (χ1v) is 10.1. The summed E-state index contributed by atoms with van der Waals surface area (Å²) in [4.78, 5) is 19.4. The second-order valence-corrected chi connectivity index (χ2v) is 8.15. The maximum atomic E-state index is 13.5. The van der Waals surface area contributed by atoms with E-state index >= 15 is 0 Å². The quantitative estimate of drug-likeness (QED) is 0.525. The highest BCUT2D eigenvalue weighted by Crippen LogP contribution is 2.34. The summed E-state index contributed by atoms with van der Waals surface area (Å²) in [5.74, 6) is 0.584. The van der Waals surface area contributed by atoms with E-state index in [0.29, 0.717) is 0 Å². The molecule has 0 amide bonds. The first kappa shape index (κ1) is 18.8. The molecule has 1 unspecified atom stereocenters. The Morgan fingerprint density at radius 1 is 0.967 bits per heavy atom. The van der Waals surface area contributed by atoms with Crippen molar-refractivity contribution in [2.24, 2.45) is 14.1 Å². The van der Waals surface area contributed by atoms with Gasteiger partial charge in [0.25, 0.3) is 0 Å². The van der Waals surface area contributed by atoms with Gasteiger partial charge >= 0.3 is 5.69 Å². The average Bonchev–Trinajstić information content (AvgIpc) is 3.42. The molecule has 1 fully saturated rings. The van der Waals surface area contributed by atoms with E-state index in [1.165, 1.54) is 12.1 Å². The van der Waals surface area contributed by atoms with E-state index in [4.69, 9.17) is 4.98 Å². The molecule has 1 aliphatic rings. The van der Waals surface area contributed by atoms with Crippen LogP contribution in [0.2, 0.25) is 0 Å². The SMILES string of the molecule is CN1CCC(n2c(-c3ccc4c(c3)n(C)c(=O)n4C)cnc2-c2ccc(F)cc2)C1. The standard InChI is InChI=1S/C23H24FN5O/c1-26-11-10-18(14-26)29-21(13-25-22(29)15-4-7-17(24)8-5-15)16-6-9-19-20(12-16)28(3)23(30)27(19)2/h4-9,12-13,18H,10-11,14H2,1-3H3. The maximum Gasteiger partial charge on any atom is 0.328 e. The molecular formula is C23H24FN5O. The van der Waals surface area contributed by atoms with E-state index in [9.17, 15) is 9.18 Å². The Labute approximate surface area is 173 Å². The molecule has 1 atom stereocenters. The molecule has 1 saturated heterocycles. The van der Waals surface area contributed by atoms with Crippen molar-refractivity contribution in [1.82, 2.24) is 23.6 Å². The van der Waals surface area contributed by atoms with Gasteiger partial charge in [0.1, 0.15) is 11.6 Å². The monoisotopic (exact) mass is 405 g/mol. The number of nitrogens with zero attached hydrogens (tertiary/aromatic N) is 5. The zero-order valence-electron chi connectivity index (χ0n) is 17.3. The van der Waals surface area contributed by atoms with Gasteiger partial charge in [0.2, 0.25) is 0 Å². The summed E-state index contributed by atoms with van der Waals surface area (Å²) in [6, 6.07) is 12.9. The zero-order chi connectivity index (χ0) is 21.0. The third-order valence-electron chi connectivity index (χ3n) is 6.20. The number of fused-ring (bicyclic) bond motifs is 1. The number of hydrogen-bond acceptors (Lipinski definition) is 3. The molecule has 0 bridgehead atoms. The minimum absolute atomic E-state index is 0.0416. The van der Waals surface area contributed by atoms with Crippen molar-refractivity contribution >= 4 is 11.0 Å². The Kier molecular flexibility index (Phi) is 4.36. The van der Waals surface area contributed by atoms with Gasteiger partial charge in [-0.25, -0.2) is 14.2 Å². The molecule has 6 nitrogen and oxygen atoms in total. The fourth-order valence-electron chi connectivity index (χ4n) is 4.55. The fraction of sp³-hybridized carbons (Fsp3) is 0.304. The lowest BCUT2D eigenvalue weighted by atomic mass is 10.1. The highest BCUT2D eigenvalue weighted by molar-refractivity contribution is 5.82. The number of aromatic nitrogens is 4. The Bertz CT molecular complexity index is 1300. The predicted octanol–water partition coefficient (Wildman–Crippen LogP) is 3.42. The van der Waals surface area contributed by atoms with Crippen molar-refractivity contribution in [3.05, 3.63) is 65.0 Å². The van der Waals surface area contributed by atoms with Crippen LogP contribution in [0.5, 0.6) is 0 Å². The molecule has 0 aliphatic carbocycles. The summed E-state index contributed by atoms with van der Waals surface area (Å²) >= 11 is 0. The summed E-state index contributed by atoms with van der Waals surface area (Å²) in [6.07, 6.45) is 2.92. The van der Waals surface area contributed by atoms with Gasteiger partial charge in [-0.2, -0.15) is 0 Å². The number of imidazole rings is 2. The number of likely N-dealkylation sites (tertiary alicyclic amines) is 1. The lowest BCUT2D eigenvalue weighted by Crippen LogP contribution is -2.19. The summed E-state index contributed by atoms with van der Waals surface area (Å²) in [7, 11) is 5.71. The molecule has 5 rings (SSSR count). The van der Waals surface area contributed by atoms with E-state index in [0.717, 1.165) is 53.2 Å². The van der Waals surface area contributed by atoms with Gasteiger partial charge in [0, 0.05) is 37.8 Å². The minimum Gasteiger partial charge on any atom is -0.320 e. The molecule has 2 aromatic heterocycles. The van der Waals surface area contributed by atoms with Crippen LogP contribution in [0, 0.1) is 5.82 Å². The second kappa shape index (κ2) is 6.95. The van der Waals surface area contributed by atoms with Gasteiger partial charge in [0.05, 0.1) is 22.9 Å². The third kappa shape index (κ3) is 2.89. The van der Waals surface area contributed by atoms with Gasteiger partial charge in [0.15, 0.2) is 0 Å². The fourth-order valence-corrected chi connectivity index (χ4v) is 4.55. The lowest BCUT2D eigenvalue weighted by Gasteiger charge is -2.19. The number of benzene rings is 2. The van der Waals surface area contributed by atoms with Gasteiger partial charge < -0.3 is 9.47 Å². The van der Waals surface area contributed by atoms with Crippen LogP contribution in [0.3, 0.4) is 0 Å². The van der Waals surface area contributed by atoms with E-state index in [1.54, 1.807) is 35.4 Å². The van der Waals surface area contributed by atoms with Crippen molar-refractivity contribution in [2.75, 3.05) is 20.1 Å². The van der Waals surface area contributed by atoms with Crippen LogP contribution >= 0.6 is 0 Å². The lowest BCUT2D eigenvalue weighted by molar-refractivity contribution is 0.394. The Hall–Kier alpha value is -3.19. The van der Waals surface area contributed by atoms with E-state index < -0.39 is 0 Å². The number of aryl methyl sites for hydroxylation is 2. The van der Waals surface area contributed by atoms with Crippen LogP contribution in [0.4, 0.5) is 4.39 Å². The molecule has 4 aromatic rings. The zero-order valence-corrected chi connectivity index (χ0v) is 17.3. The Morgan fingerprint density at radius 3 is 2.37 bits per heavy atom. The Balaban J connectivity index is 1.70. The third-order valence-corrected chi connectivity index (χ3v) is 6.20. The van der Waals surface area contributed by atoms with Crippen molar-refractivity contribution < 1.29 is 4.39 Å². The topological polar surface area (TPSA) is 48.0 Å². The smallest absolute Gasteiger partial charge is 0.320 e. The Morgan fingerprint density at radius 2 is 1.67 bits per heavy atom. The van der Waals surface area contributed by atoms with Crippen LogP contribution in [0.25, 0.3) is 33.7 Å². The van der Waals surface area contributed by atoms with Crippen LogP contribution in [-0.4, -0.2) is 43.7 Å². The highest BCUT2D eigenvalue weighted by atomic mass is 19.1. The summed E-state index contributed by atoms with van der Waals surface area (Å²) < 4.78 is 19.1. The number of likely N-dealkylation sites (N-methyl/N-ethyl adjacent to an activating group) is 1. The normalized spacial score (nSPS) is 17.3. The first-order chi connectivity index (χ1) is 14.4. The first-order valence-electron chi connectivity index (χ1n) is 10.1. The second-order valence-electron chi connectivity index (χ2n) is 8.15.